The largest absolute Gasteiger partial charge is 0.497 e. The zero-order valence-corrected chi connectivity index (χ0v) is 25.6. The highest BCUT2D eigenvalue weighted by Gasteiger charge is 2.34. The summed E-state index contributed by atoms with van der Waals surface area (Å²) in [5.74, 6) is 2.09. The highest BCUT2D eigenvalue weighted by molar-refractivity contribution is 7.59. The molecule has 1 aliphatic carbocycles. The van der Waals surface area contributed by atoms with E-state index >= 15 is 0 Å². The first-order valence-electron chi connectivity index (χ1n) is 15.3. The molecule has 0 radical (unpaired) electrons. The van der Waals surface area contributed by atoms with E-state index in [2.05, 4.69) is 64.4 Å². The summed E-state index contributed by atoms with van der Waals surface area (Å²) < 4.78 is 11.9. The number of nitrogens with zero attached hydrogens (tertiary/aromatic N) is 2. The van der Waals surface area contributed by atoms with Crippen molar-refractivity contribution in [2.24, 2.45) is 11.8 Å². The van der Waals surface area contributed by atoms with E-state index in [1.54, 1.807) is 7.11 Å². The third-order valence-electron chi connectivity index (χ3n) is 9.17. The van der Waals surface area contributed by atoms with Gasteiger partial charge in [0.05, 0.1) is 20.1 Å². The van der Waals surface area contributed by atoms with E-state index in [-0.39, 0.29) is 25.8 Å². The summed E-state index contributed by atoms with van der Waals surface area (Å²) in [4.78, 5) is 16.4. The predicted octanol–water partition coefficient (Wildman–Crippen LogP) is 7.34. The van der Waals surface area contributed by atoms with Crippen molar-refractivity contribution in [2.45, 2.75) is 50.9 Å². The first kappa shape index (κ1) is 30.1. The fourth-order valence-electron chi connectivity index (χ4n) is 6.60. The molecule has 42 heavy (non-hydrogen) atoms. The molecule has 6 nitrogen and oxygen atoms in total. The Morgan fingerprint density at radius 2 is 1.62 bits per heavy atom. The molecule has 1 atom stereocenters. The number of hydrogen-bond acceptors (Lipinski definition) is 5. The predicted molar refractivity (Wildman–Crippen MR) is 175 cm³/mol. The molecule has 3 fully saturated rings. The second-order valence-electron chi connectivity index (χ2n) is 12.0. The molecule has 0 spiro atoms. The Morgan fingerprint density at radius 3 is 2.29 bits per heavy atom. The van der Waals surface area contributed by atoms with Crippen LogP contribution in [0.1, 0.15) is 56.4 Å². The summed E-state index contributed by atoms with van der Waals surface area (Å²) in [5, 5.41) is 9.39. The Morgan fingerprint density at radius 1 is 0.881 bits per heavy atom. The second kappa shape index (κ2) is 13.8. The van der Waals surface area contributed by atoms with E-state index in [4.69, 9.17) is 9.47 Å². The highest BCUT2D eigenvalue weighted by Crippen LogP contribution is 2.45. The zero-order chi connectivity index (χ0) is 28.2. The van der Waals surface area contributed by atoms with Crippen molar-refractivity contribution < 1.29 is 19.4 Å². The van der Waals surface area contributed by atoms with Crippen molar-refractivity contribution in [3.8, 4) is 22.6 Å². The van der Waals surface area contributed by atoms with Crippen LogP contribution in [0.2, 0.25) is 0 Å². The number of carboxylic acids is 1. The molecule has 3 aromatic carbocycles. The number of aliphatic carboxylic acids is 1. The lowest BCUT2D eigenvalue weighted by Gasteiger charge is -2.35. The minimum atomic E-state index is -0.724. The minimum Gasteiger partial charge on any atom is -0.497 e. The number of methoxy groups -OCH3 is 1. The van der Waals surface area contributed by atoms with E-state index in [1.165, 1.54) is 35.3 Å². The van der Waals surface area contributed by atoms with Gasteiger partial charge in [0.25, 0.3) is 0 Å². The zero-order valence-electron chi connectivity index (χ0n) is 24.6. The van der Waals surface area contributed by atoms with Gasteiger partial charge in [0.1, 0.15) is 11.5 Å². The van der Waals surface area contributed by atoms with Crippen LogP contribution in [0.15, 0.2) is 66.7 Å². The maximum atomic E-state index is 11.4. The molecule has 2 saturated heterocycles. The van der Waals surface area contributed by atoms with Gasteiger partial charge in [-0.1, -0.05) is 24.3 Å². The number of ether oxygens (including phenoxy) is 2. The van der Waals surface area contributed by atoms with Crippen LogP contribution in [0.5, 0.6) is 11.5 Å². The first-order valence-corrected chi connectivity index (χ1v) is 15.3. The molecule has 0 bridgehead atoms. The number of carboxylic acid groups (broad SMARTS) is 1. The number of rotatable bonds is 11. The average Bonchev–Trinajstić information content (AvgIpc) is 3.71. The number of carbonyl (C=O) groups is 1. The molecule has 0 unspecified atom stereocenters. The standard InChI is InChI=1S/C35H42N2O4.H2S/c1-40-30-13-14-32(26-9-11-29(12-10-26)36-17-2-3-18-36)34(22-30)37-19-15-25(16-20-37)24-41-31-6-4-5-28(21-31)33(23-35(38)39)27-7-8-27;/h4-6,9-14,21-22,25,27,33H,2-3,7-8,15-20,23-24H2,1H3,(H,38,39);1H2/t33-;/m0./s1. The molecule has 2 aliphatic heterocycles. The molecule has 1 N–H and O–H groups in total. The summed E-state index contributed by atoms with van der Waals surface area (Å²) in [6.45, 7) is 4.95. The van der Waals surface area contributed by atoms with Crippen molar-refractivity contribution >= 4 is 30.8 Å². The average molecular weight is 589 g/mol. The van der Waals surface area contributed by atoms with Crippen LogP contribution in [-0.4, -0.2) is 51.0 Å². The monoisotopic (exact) mass is 588 g/mol. The third-order valence-corrected chi connectivity index (χ3v) is 9.17. The number of piperidine rings is 1. The summed E-state index contributed by atoms with van der Waals surface area (Å²) in [7, 11) is 1.73. The van der Waals surface area contributed by atoms with Crippen LogP contribution >= 0.6 is 13.5 Å². The first-order chi connectivity index (χ1) is 20.1. The Labute approximate surface area is 257 Å². The fraction of sp³-hybridized carbons (Fsp3) is 0.457. The second-order valence-corrected chi connectivity index (χ2v) is 12.0. The van der Waals surface area contributed by atoms with E-state index in [0.29, 0.717) is 18.4 Å². The summed E-state index contributed by atoms with van der Waals surface area (Å²) in [6.07, 6.45) is 7.14. The topological polar surface area (TPSA) is 62.2 Å². The van der Waals surface area contributed by atoms with Crippen LogP contribution < -0.4 is 19.3 Å². The van der Waals surface area contributed by atoms with Gasteiger partial charge in [-0.15, -0.1) is 0 Å². The Kier molecular flexibility index (Phi) is 9.88. The van der Waals surface area contributed by atoms with Crippen LogP contribution in [0.3, 0.4) is 0 Å². The Hall–Kier alpha value is -3.32. The molecule has 0 aromatic heterocycles. The molecule has 7 heteroatoms. The quantitative estimate of drug-likeness (QED) is 0.253. The maximum Gasteiger partial charge on any atom is 0.303 e. The third kappa shape index (κ3) is 7.17. The van der Waals surface area contributed by atoms with Crippen LogP contribution in [0.4, 0.5) is 11.4 Å². The highest BCUT2D eigenvalue weighted by atomic mass is 32.1. The molecule has 3 aromatic rings. The minimum absolute atomic E-state index is 0. The van der Waals surface area contributed by atoms with E-state index in [0.717, 1.165) is 68.9 Å². The molecule has 1 saturated carbocycles. The molecule has 6 rings (SSSR count). The molecule has 2 heterocycles. The molecular formula is C35H44N2O4S. The fourth-order valence-corrected chi connectivity index (χ4v) is 6.60. The number of hydrogen-bond donors (Lipinski definition) is 1. The maximum absolute atomic E-state index is 11.4. The lowest BCUT2D eigenvalue weighted by molar-refractivity contribution is -0.137. The lowest BCUT2D eigenvalue weighted by atomic mass is 9.91. The smallest absolute Gasteiger partial charge is 0.303 e. The van der Waals surface area contributed by atoms with Gasteiger partial charge in [0, 0.05) is 49.2 Å². The van der Waals surface area contributed by atoms with Crippen LogP contribution in [0.25, 0.3) is 11.1 Å². The van der Waals surface area contributed by atoms with Crippen molar-refractivity contribution in [1.29, 1.82) is 0 Å². The van der Waals surface area contributed by atoms with Gasteiger partial charge in [-0.2, -0.15) is 13.5 Å². The van der Waals surface area contributed by atoms with E-state index < -0.39 is 5.97 Å². The summed E-state index contributed by atoms with van der Waals surface area (Å²) in [5.41, 5.74) is 6.13. The molecule has 0 amide bonds. The summed E-state index contributed by atoms with van der Waals surface area (Å²) in [6, 6.07) is 23.6. The van der Waals surface area contributed by atoms with Gasteiger partial charge in [-0.25, -0.2) is 0 Å². The van der Waals surface area contributed by atoms with Gasteiger partial charge in [0.2, 0.25) is 0 Å². The molecule has 3 aliphatic rings. The van der Waals surface area contributed by atoms with Crippen molar-refractivity contribution in [1.82, 2.24) is 0 Å². The number of anilines is 2. The van der Waals surface area contributed by atoms with Gasteiger partial charge >= 0.3 is 5.97 Å². The Bertz CT molecular complexity index is 1330. The SMILES string of the molecule is COc1ccc(-c2ccc(N3CCCC3)cc2)c(N2CCC(COc3cccc([C@@H](CC(=O)O)C4CC4)c3)CC2)c1.S. The van der Waals surface area contributed by atoms with E-state index in [1.807, 2.05) is 12.1 Å². The lowest BCUT2D eigenvalue weighted by Crippen LogP contribution is -2.35. The van der Waals surface area contributed by atoms with Gasteiger partial charge in [0.15, 0.2) is 0 Å². The van der Waals surface area contributed by atoms with Crippen molar-refractivity contribution in [3.05, 3.63) is 72.3 Å². The number of benzene rings is 3. The van der Waals surface area contributed by atoms with Crippen LogP contribution in [-0.2, 0) is 4.79 Å². The van der Waals surface area contributed by atoms with Crippen molar-refractivity contribution in [3.63, 3.8) is 0 Å². The molecule has 224 valence electrons. The Balaban J connectivity index is 0.00000353. The van der Waals surface area contributed by atoms with Gasteiger partial charge in [-0.3, -0.25) is 4.79 Å². The van der Waals surface area contributed by atoms with Gasteiger partial charge < -0.3 is 24.4 Å². The summed E-state index contributed by atoms with van der Waals surface area (Å²) >= 11 is 0. The van der Waals surface area contributed by atoms with Gasteiger partial charge in [-0.05, 0) is 104 Å². The van der Waals surface area contributed by atoms with Crippen LogP contribution in [0, 0.1) is 11.8 Å². The molecular weight excluding hydrogens is 544 g/mol. The van der Waals surface area contributed by atoms with E-state index in [9.17, 15) is 9.90 Å². The van der Waals surface area contributed by atoms with Crippen molar-refractivity contribution in [2.75, 3.05) is 49.7 Å². The normalized spacial score (nSPS) is 17.9.